The van der Waals surface area contributed by atoms with Crippen molar-refractivity contribution in [2.45, 2.75) is 5.38 Å². The number of hydrogen-bond donors (Lipinski definition) is 0. The summed E-state index contributed by atoms with van der Waals surface area (Å²) >= 11 is 15.5. The number of methoxy groups -OCH3 is 1. The van der Waals surface area contributed by atoms with E-state index >= 15 is 0 Å². The van der Waals surface area contributed by atoms with Crippen LogP contribution in [-0.4, -0.2) is 7.11 Å². The Bertz CT molecular complexity index is 450. The van der Waals surface area contributed by atoms with Gasteiger partial charge in [-0.15, -0.1) is 34.3 Å². The molecule has 1 nitrogen and oxygen atoms in total. The highest BCUT2D eigenvalue weighted by Crippen LogP contribution is 2.41. The van der Waals surface area contributed by atoms with Crippen LogP contribution in [0.25, 0.3) is 0 Å². The second-order valence-corrected chi connectivity index (χ2v) is 5.73. The smallest absolute Gasteiger partial charge is 0.173 e. The van der Waals surface area contributed by atoms with Crippen LogP contribution in [0.3, 0.4) is 0 Å². The first kappa shape index (κ1) is 11.3. The van der Waals surface area contributed by atoms with Gasteiger partial charge in [0.25, 0.3) is 0 Å². The van der Waals surface area contributed by atoms with Crippen LogP contribution in [0.5, 0.6) is 5.06 Å². The van der Waals surface area contributed by atoms with Crippen LogP contribution in [0.4, 0.5) is 0 Å². The zero-order valence-electron chi connectivity index (χ0n) is 7.87. The third kappa shape index (κ3) is 2.31. The van der Waals surface area contributed by atoms with Gasteiger partial charge in [-0.25, -0.2) is 0 Å². The van der Waals surface area contributed by atoms with Gasteiger partial charge in [0.15, 0.2) is 5.06 Å². The topological polar surface area (TPSA) is 9.23 Å². The minimum Gasteiger partial charge on any atom is -0.487 e. The lowest BCUT2D eigenvalue weighted by molar-refractivity contribution is 0.427. The van der Waals surface area contributed by atoms with E-state index in [0.717, 1.165) is 19.8 Å². The van der Waals surface area contributed by atoms with E-state index in [-0.39, 0.29) is 5.38 Å². The maximum atomic E-state index is 6.33. The summed E-state index contributed by atoms with van der Waals surface area (Å²) in [6.45, 7) is 0. The predicted octanol–water partition coefficient (Wildman–Crippen LogP) is 4.80. The Balaban J connectivity index is 2.28. The summed E-state index contributed by atoms with van der Waals surface area (Å²) in [5.41, 5.74) is 0. The molecule has 0 saturated heterocycles. The SMILES string of the molecule is COc1ccc(C(Cl)c2sccc2Cl)s1. The first-order valence-electron chi connectivity index (χ1n) is 4.23. The number of rotatable bonds is 3. The number of halogens is 2. The van der Waals surface area contributed by atoms with Crippen LogP contribution < -0.4 is 4.74 Å². The Kier molecular flexibility index (Phi) is 3.57. The number of thiophene rings is 2. The van der Waals surface area contributed by atoms with E-state index in [2.05, 4.69) is 0 Å². The van der Waals surface area contributed by atoms with Gasteiger partial charge in [0.05, 0.1) is 12.1 Å². The monoisotopic (exact) mass is 278 g/mol. The van der Waals surface area contributed by atoms with E-state index < -0.39 is 0 Å². The van der Waals surface area contributed by atoms with Crippen molar-refractivity contribution in [3.63, 3.8) is 0 Å². The second kappa shape index (κ2) is 4.74. The van der Waals surface area contributed by atoms with Gasteiger partial charge in [-0.1, -0.05) is 11.6 Å². The Labute approximate surface area is 106 Å². The molecule has 0 aromatic carbocycles. The van der Waals surface area contributed by atoms with Gasteiger partial charge >= 0.3 is 0 Å². The van der Waals surface area contributed by atoms with Gasteiger partial charge in [0.2, 0.25) is 0 Å². The first-order valence-corrected chi connectivity index (χ1v) is 6.74. The highest BCUT2D eigenvalue weighted by Gasteiger charge is 2.17. The standard InChI is InChI=1S/C10H8Cl2OS2/c1-13-8-3-2-7(15-8)9(12)10-6(11)4-5-14-10/h2-5,9H,1H3. The summed E-state index contributed by atoms with van der Waals surface area (Å²) in [7, 11) is 1.65. The molecule has 0 aliphatic heterocycles. The average molecular weight is 279 g/mol. The van der Waals surface area contributed by atoms with Crippen molar-refractivity contribution in [3.8, 4) is 5.06 Å². The molecule has 1 unspecified atom stereocenters. The number of ether oxygens (including phenoxy) is 1. The number of alkyl halides is 1. The van der Waals surface area contributed by atoms with Crippen molar-refractivity contribution >= 4 is 45.9 Å². The Morgan fingerprint density at radius 1 is 1.33 bits per heavy atom. The van der Waals surface area contributed by atoms with Crippen LogP contribution in [-0.2, 0) is 0 Å². The van der Waals surface area contributed by atoms with Crippen molar-refractivity contribution in [3.05, 3.63) is 38.4 Å². The van der Waals surface area contributed by atoms with Crippen LogP contribution in [0.1, 0.15) is 15.1 Å². The summed E-state index contributed by atoms with van der Waals surface area (Å²) in [6.07, 6.45) is 0. The largest absolute Gasteiger partial charge is 0.487 e. The van der Waals surface area contributed by atoms with E-state index in [1.807, 2.05) is 23.6 Å². The van der Waals surface area contributed by atoms with E-state index in [4.69, 9.17) is 27.9 Å². The van der Waals surface area contributed by atoms with Crippen molar-refractivity contribution in [2.75, 3.05) is 7.11 Å². The fourth-order valence-electron chi connectivity index (χ4n) is 1.20. The molecule has 15 heavy (non-hydrogen) atoms. The molecule has 0 N–H and O–H groups in total. The van der Waals surface area contributed by atoms with Crippen LogP contribution in [0.2, 0.25) is 5.02 Å². The summed E-state index contributed by atoms with van der Waals surface area (Å²) < 4.78 is 5.12. The highest BCUT2D eigenvalue weighted by molar-refractivity contribution is 7.15. The predicted molar refractivity (Wildman–Crippen MR) is 67.9 cm³/mol. The summed E-state index contributed by atoms with van der Waals surface area (Å²) in [5.74, 6) is 0. The maximum Gasteiger partial charge on any atom is 0.173 e. The summed E-state index contributed by atoms with van der Waals surface area (Å²) in [6, 6.07) is 5.75. The van der Waals surface area contributed by atoms with Gasteiger partial charge in [0.1, 0.15) is 5.38 Å². The van der Waals surface area contributed by atoms with Gasteiger partial charge in [-0.3, -0.25) is 0 Å². The molecule has 0 spiro atoms. The Morgan fingerprint density at radius 3 is 2.67 bits per heavy atom. The fraction of sp³-hybridized carbons (Fsp3) is 0.200. The molecule has 0 saturated carbocycles. The minimum absolute atomic E-state index is 0.175. The van der Waals surface area contributed by atoms with Crippen LogP contribution >= 0.6 is 45.9 Å². The van der Waals surface area contributed by atoms with Gasteiger partial charge in [-0.05, 0) is 23.6 Å². The minimum atomic E-state index is -0.175. The molecule has 2 aromatic rings. The highest BCUT2D eigenvalue weighted by atomic mass is 35.5. The zero-order valence-corrected chi connectivity index (χ0v) is 11.0. The lowest BCUT2D eigenvalue weighted by Gasteiger charge is -2.04. The second-order valence-electron chi connectivity index (χ2n) is 2.86. The summed E-state index contributed by atoms with van der Waals surface area (Å²) in [5, 5.41) is 3.36. The van der Waals surface area contributed by atoms with Gasteiger partial charge in [0, 0.05) is 9.75 Å². The van der Waals surface area contributed by atoms with Crippen LogP contribution in [0, 0.1) is 0 Å². The third-order valence-corrected chi connectivity index (χ3v) is 5.17. The van der Waals surface area contributed by atoms with Crippen molar-refractivity contribution in [1.29, 1.82) is 0 Å². The first-order chi connectivity index (χ1) is 7.22. The fourth-order valence-corrected chi connectivity index (χ4v) is 3.77. The molecule has 5 heteroatoms. The molecule has 2 heterocycles. The molecule has 80 valence electrons. The lowest BCUT2D eigenvalue weighted by Crippen LogP contribution is -1.85. The third-order valence-electron chi connectivity index (χ3n) is 1.93. The zero-order chi connectivity index (χ0) is 10.8. The molecule has 2 aromatic heterocycles. The molecule has 0 aliphatic carbocycles. The molecule has 2 rings (SSSR count). The Morgan fingerprint density at radius 2 is 2.13 bits per heavy atom. The molecular weight excluding hydrogens is 271 g/mol. The average Bonchev–Trinajstić information content (AvgIpc) is 2.84. The molecule has 1 atom stereocenters. The molecule has 0 fully saturated rings. The normalized spacial score (nSPS) is 12.7. The molecular formula is C10H8Cl2OS2. The van der Waals surface area contributed by atoms with Gasteiger partial charge < -0.3 is 4.74 Å². The van der Waals surface area contributed by atoms with E-state index in [9.17, 15) is 0 Å². The Hall–Kier alpha value is -0.220. The van der Waals surface area contributed by atoms with E-state index in [0.29, 0.717) is 0 Å². The van der Waals surface area contributed by atoms with Crippen molar-refractivity contribution in [2.24, 2.45) is 0 Å². The quantitative estimate of drug-likeness (QED) is 0.733. The van der Waals surface area contributed by atoms with E-state index in [1.54, 1.807) is 29.8 Å². The van der Waals surface area contributed by atoms with Gasteiger partial charge in [-0.2, -0.15) is 0 Å². The molecule has 0 radical (unpaired) electrons. The van der Waals surface area contributed by atoms with Crippen molar-refractivity contribution in [1.82, 2.24) is 0 Å². The number of hydrogen-bond acceptors (Lipinski definition) is 3. The van der Waals surface area contributed by atoms with Crippen molar-refractivity contribution < 1.29 is 4.74 Å². The van der Waals surface area contributed by atoms with Crippen LogP contribution in [0.15, 0.2) is 23.6 Å². The molecule has 0 aliphatic rings. The lowest BCUT2D eigenvalue weighted by atomic mass is 10.3. The molecule has 0 amide bonds. The molecule has 0 bridgehead atoms. The summed E-state index contributed by atoms with van der Waals surface area (Å²) in [4.78, 5) is 2.04. The maximum absolute atomic E-state index is 6.33. The van der Waals surface area contributed by atoms with E-state index in [1.165, 1.54) is 0 Å².